The second-order valence-corrected chi connectivity index (χ2v) is 5.17. The zero-order valence-corrected chi connectivity index (χ0v) is 11.9. The molecule has 0 fully saturated rings. The lowest BCUT2D eigenvalue weighted by molar-refractivity contribution is -0.120. The second kappa shape index (κ2) is 6.43. The van der Waals surface area contributed by atoms with E-state index in [2.05, 4.69) is 5.32 Å². The van der Waals surface area contributed by atoms with E-state index in [4.69, 9.17) is 4.74 Å². The predicted molar refractivity (Wildman–Crippen MR) is 73.9 cm³/mol. The number of nitrogens with one attached hydrogen (secondary N) is 1. The van der Waals surface area contributed by atoms with Crippen molar-refractivity contribution in [3.05, 3.63) is 29.3 Å². The van der Waals surface area contributed by atoms with Crippen LogP contribution in [-0.2, 0) is 11.2 Å². The van der Waals surface area contributed by atoms with Crippen LogP contribution in [0.4, 0.5) is 0 Å². The van der Waals surface area contributed by atoms with Crippen LogP contribution in [0, 0.1) is 6.92 Å². The molecule has 0 bridgehead atoms. The summed E-state index contributed by atoms with van der Waals surface area (Å²) in [5.74, 6) is 0.944. The first-order valence-corrected chi connectivity index (χ1v) is 6.44. The Bertz CT molecular complexity index is 411. The molecule has 3 heteroatoms. The van der Waals surface area contributed by atoms with Crippen molar-refractivity contribution in [1.29, 1.82) is 0 Å². The molecule has 0 saturated carbocycles. The fourth-order valence-corrected chi connectivity index (χ4v) is 1.77. The zero-order chi connectivity index (χ0) is 13.7. The van der Waals surface area contributed by atoms with Gasteiger partial charge in [0.2, 0.25) is 5.91 Å². The highest BCUT2D eigenvalue weighted by Crippen LogP contribution is 2.20. The average Bonchev–Trinajstić information content (AvgIpc) is 2.20. The van der Waals surface area contributed by atoms with E-state index >= 15 is 0 Å². The average molecular weight is 249 g/mol. The van der Waals surface area contributed by atoms with Gasteiger partial charge in [0.15, 0.2) is 0 Å². The second-order valence-electron chi connectivity index (χ2n) is 5.17. The quantitative estimate of drug-likeness (QED) is 0.871. The number of carbonyl (C=O) groups excluding carboxylic acids is 1. The Labute approximate surface area is 110 Å². The Morgan fingerprint density at radius 1 is 1.28 bits per heavy atom. The number of aryl methyl sites for hydroxylation is 1. The van der Waals surface area contributed by atoms with Crippen LogP contribution in [0.2, 0.25) is 0 Å². The van der Waals surface area contributed by atoms with E-state index in [1.807, 2.05) is 52.8 Å². The van der Waals surface area contributed by atoms with Gasteiger partial charge < -0.3 is 10.1 Å². The van der Waals surface area contributed by atoms with Crippen molar-refractivity contribution in [3.63, 3.8) is 0 Å². The molecule has 0 aliphatic heterocycles. The van der Waals surface area contributed by atoms with E-state index in [0.717, 1.165) is 16.9 Å². The van der Waals surface area contributed by atoms with Crippen LogP contribution < -0.4 is 10.1 Å². The van der Waals surface area contributed by atoms with Crippen molar-refractivity contribution < 1.29 is 9.53 Å². The predicted octanol–water partition coefficient (Wildman–Crippen LogP) is 2.85. The van der Waals surface area contributed by atoms with E-state index in [1.54, 1.807) is 0 Å². The lowest BCUT2D eigenvalue weighted by atomic mass is 10.1. The highest BCUT2D eigenvalue weighted by atomic mass is 16.5. The highest BCUT2D eigenvalue weighted by molar-refractivity contribution is 5.78. The molecule has 0 aromatic heterocycles. The minimum absolute atomic E-state index is 0.0573. The van der Waals surface area contributed by atoms with Gasteiger partial charge in [0.1, 0.15) is 5.75 Å². The van der Waals surface area contributed by atoms with E-state index in [1.165, 1.54) is 0 Å². The first-order valence-electron chi connectivity index (χ1n) is 6.44. The maximum atomic E-state index is 11.7. The third-order valence-corrected chi connectivity index (χ3v) is 2.42. The molecule has 1 aromatic carbocycles. The molecule has 0 heterocycles. The molecule has 0 aliphatic rings. The number of ether oxygens (including phenoxy) is 1. The highest BCUT2D eigenvalue weighted by Gasteiger charge is 2.07. The summed E-state index contributed by atoms with van der Waals surface area (Å²) >= 11 is 0. The zero-order valence-electron chi connectivity index (χ0n) is 11.9. The summed E-state index contributed by atoms with van der Waals surface area (Å²) in [6.07, 6.45) is 0.583. The van der Waals surface area contributed by atoms with Gasteiger partial charge in [-0.2, -0.15) is 0 Å². The number of benzene rings is 1. The van der Waals surface area contributed by atoms with Crippen LogP contribution in [-0.4, -0.2) is 18.1 Å². The molecule has 0 radical (unpaired) electrons. The normalized spacial score (nSPS) is 10.8. The summed E-state index contributed by atoms with van der Waals surface area (Å²) in [6.45, 7) is 9.93. The third kappa shape index (κ3) is 4.78. The van der Waals surface area contributed by atoms with Crippen LogP contribution in [0.3, 0.4) is 0 Å². The molecule has 0 unspecified atom stereocenters. The molecule has 1 amide bonds. The summed E-state index contributed by atoms with van der Waals surface area (Å²) in [5, 5.41) is 2.89. The molecule has 0 aliphatic carbocycles. The molecule has 1 aromatic rings. The Kier molecular flexibility index (Phi) is 5.20. The molecule has 0 spiro atoms. The topological polar surface area (TPSA) is 38.3 Å². The van der Waals surface area contributed by atoms with Crippen LogP contribution in [0.25, 0.3) is 0 Å². The van der Waals surface area contributed by atoms with Gasteiger partial charge in [0.25, 0.3) is 0 Å². The minimum Gasteiger partial charge on any atom is -0.491 e. The van der Waals surface area contributed by atoms with Gasteiger partial charge in [0, 0.05) is 6.04 Å². The Balaban J connectivity index is 2.69. The van der Waals surface area contributed by atoms with E-state index in [0.29, 0.717) is 6.42 Å². The van der Waals surface area contributed by atoms with Crippen molar-refractivity contribution >= 4 is 5.91 Å². The smallest absolute Gasteiger partial charge is 0.224 e. The lowest BCUT2D eigenvalue weighted by Crippen LogP contribution is -2.31. The van der Waals surface area contributed by atoms with Crippen molar-refractivity contribution in [1.82, 2.24) is 5.32 Å². The molecule has 1 N–H and O–H groups in total. The fraction of sp³-hybridized carbons (Fsp3) is 0.533. The maximum Gasteiger partial charge on any atom is 0.224 e. The number of carbonyl (C=O) groups is 1. The SMILES string of the molecule is Cc1cc(CC(=O)NC(C)C)ccc1OC(C)C. The largest absolute Gasteiger partial charge is 0.491 e. The maximum absolute atomic E-state index is 11.7. The van der Waals surface area contributed by atoms with E-state index in [9.17, 15) is 4.79 Å². The fourth-order valence-electron chi connectivity index (χ4n) is 1.77. The summed E-state index contributed by atoms with van der Waals surface area (Å²) in [7, 11) is 0. The first-order chi connectivity index (χ1) is 8.38. The van der Waals surface area contributed by atoms with Crippen molar-refractivity contribution in [3.8, 4) is 5.75 Å². The molecular formula is C15H23NO2. The lowest BCUT2D eigenvalue weighted by Gasteiger charge is -2.13. The number of hydrogen-bond donors (Lipinski definition) is 1. The van der Waals surface area contributed by atoms with Crippen LogP contribution in [0.1, 0.15) is 38.8 Å². The van der Waals surface area contributed by atoms with Gasteiger partial charge >= 0.3 is 0 Å². The molecule has 0 saturated heterocycles. The van der Waals surface area contributed by atoms with E-state index in [-0.39, 0.29) is 18.1 Å². The monoisotopic (exact) mass is 249 g/mol. The molecule has 1 rings (SSSR count). The molecular weight excluding hydrogens is 226 g/mol. The van der Waals surface area contributed by atoms with Gasteiger partial charge in [0.05, 0.1) is 12.5 Å². The van der Waals surface area contributed by atoms with Crippen LogP contribution in [0.15, 0.2) is 18.2 Å². The molecule has 0 atom stereocenters. The standard InChI is InChI=1S/C15H23NO2/c1-10(2)16-15(17)9-13-6-7-14(12(5)8-13)18-11(3)4/h6-8,10-11H,9H2,1-5H3,(H,16,17). The van der Waals surface area contributed by atoms with Gasteiger partial charge in [-0.25, -0.2) is 0 Å². The van der Waals surface area contributed by atoms with Crippen LogP contribution in [0.5, 0.6) is 5.75 Å². The molecule has 18 heavy (non-hydrogen) atoms. The van der Waals surface area contributed by atoms with Crippen molar-refractivity contribution in [2.75, 3.05) is 0 Å². The van der Waals surface area contributed by atoms with Crippen molar-refractivity contribution in [2.24, 2.45) is 0 Å². The van der Waals surface area contributed by atoms with Gasteiger partial charge in [-0.15, -0.1) is 0 Å². The third-order valence-electron chi connectivity index (χ3n) is 2.42. The van der Waals surface area contributed by atoms with Gasteiger partial charge in [-0.05, 0) is 51.8 Å². The van der Waals surface area contributed by atoms with E-state index < -0.39 is 0 Å². The summed E-state index contributed by atoms with van der Waals surface area (Å²) in [6, 6.07) is 6.08. The number of hydrogen-bond acceptors (Lipinski definition) is 2. The first kappa shape index (κ1) is 14.6. The Morgan fingerprint density at radius 3 is 2.44 bits per heavy atom. The minimum atomic E-state index is 0.0573. The number of amides is 1. The number of rotatable bonds is 5. The summed E-state index contributed by atoms with van der Waals surface area (Å²) in [4.78, 5) is 11.7. The molecule has 100 valence electrons. The molecule has 3 nitrogen and oxygen atoms in total. The van der Waals surface area contributed by atoms with Gasteiger partial charge in [-0.3, -0.25) is 4.79 Å². The summed E-state index contributed by atoms with van der Waals surface area (Å²) in [5.41, 5.74) is 2.08. The Morgan fingerprint density at radius 2 is 1.94 bits per heavy atom. The Hall–Kier alpha value is -1.51. The van der Waals surface area contributed by atoms with Gasteiger partial charge in [-0.1, -0.05) is 12.1 Å². The van der Waals surface area contributed by atoms with Crippen LogP contribution >= 0.6 is 0 Å². The summed E-state index contributed by atoms with van der Waals surface area (Å²) < 4.78 is 5.67. The van der Waals surface area contributed by atoms with Crippen molar-refractivity contribution in [2.45, 2.75) is 53.2 Å².